The van der Waals surface area contributed by atoms with Crippen LogP contribution in [0.25, 0.3) is 0 Å². The highest BCUT2D eigenvalue weighted by molar-refractivity contribution is 6.30. The minimum atomic E-state index is -0.309. The Balaban J connectivity index is 1.43. The average molecular weight is 405 g/mol. The molecule has 0 spiro atoms. The van der Waals surface area contributed by atoms with E-state index in [9.17, 15) is 9.59 Å². The lowest BCUT2D eigenvalue weighted by Crippen LogP contribution is -2.32. The first-order valence-corrected chi connectivity index (χ1v) is 9.98. The van der Waals surface area contributed by atoms with Crippen LogP contribution >= 0.6 is 11.6 Å². The SMILES string of the molecule is CC(C)C(NC(=O)CCCNC(=O)c1ccc(Cl)cc1)c1nc(C2CC2)no1. The molecule has 0 saturated heterocycles. The molecule has 1 heterocycles. The number of nitrogens with one attached hydrogen (secondary N) is 2. The van der Waals surface area contributed by atoms with Gasteiger partial charge in [-0.3, -0.25) is 9.59 Å². The quantitative estimate of drug-likeness (QED) is 0.622. The first-order valence-electron chi connectivity index (χ1n) is 9.60. The van der Waals surface area contributed by atoms with E-state index in [1.54, 1.807) is 24.3 Å². The van der Waals surface area contributed by atoms with E-state index in [0.29, 0.717) is 41.8 Å². The second-order valence-corrected chi connectivity index (χ2v) is 7.86. The van der Waals surface area contributed by atoms with Crippen LogP contribution in [0.1, 0.15) is 73.6 Å². The van der Waals surface area contributed by atoms with E-state index in [4.69, 9.17) is 16.1 Å². The standard InChI is InChI=1S/C20H25ClN4O3/c1-12(2)17(20-24-18(25-28-20)13-5-6-13)23-16(26)4-3-11-22-19(27)14-7-9-15(21)10-8-14/h7-10,12-13,17H,3-6,11H2,1-2H3,(H,22,27)(H,23,26). The number of rotatable bonds is 9. The molecule has 0 bridgehead atoms. The number of amides is 2. The molecule has 1 saturated carbocycles. The van der Waals surface area contributed by atoms with Crippen molar-refractivity contribution in [1.82, 2.24) is 20.8 Å². The van der Waals surface area contributed by atoms with E-state index < -0.39 is 0 Å². The predicted molar refractivity (Wildman–Crippen MR) is 105 cm³/mol. The van der Waals surface area contributed by atoms with Crippen molar-refractivity contribution in [2.75, 3.05) is 6.54 Å². The van der Waals surface area contributed by atoms with Gasteiger partial charge in [-0.05, 0) is 49.4 Å². The van der Waals surface area contributed by atoms with Crippen molar-refractivity contribution in [2.45, 2.75) is 51.5 Å². The van der Waals surface area contributed by atoms with Crippen LogP contribution in [0.15, 0.2) is 28.8 Å². The Hall–Kier alpha value is -2.41. The van der Waals surface area contributed by atoms with E-state index in [1.807, 2.05) is 13.8 Å². The molecule has 2 amide bonds. The van der Waals surface area contributed by atoms with Crippen LogP contribution < -0.4 is 10.6 Å². The van der Waals surface area contributed by atoms with Crippen LogP contribution in [0, 0.1) is 5.92 Å². The van der Waals surface area contributed by atoms with Gasteiger partial charge in [-0.15, -0.1) is 0 Å². The number of nitrogens with zero attached hydrogens (tertiary/aromatic N) is 2. The Morgan fingerprint density at radius 3 is 2.61 bits per heavy atom. The Kier molecular flexibility index (Phi) is 6.67. The highest BCUT2D eigenvalue weighted by atomic mass is 35.5. The summed E-state index contributed by atoms with van der Waals surface area (Å²) >= 11 is 5.81. The van der Waals surface area contributed by atoms with Crippen LogP contribution in [0.2, 0.25) is 5.02 Å². The smallest absolute Gasteiger partial charge is 0.251 e. The van der Waals surface area contributed by atoms with Crippen molar-refractivity contribution in [3.8, 4) is 0 Å². The van der Waals surface area contributed by atoms with Gasteiger partial charge in [0, 0.05) is 29.5 Å². The molecule has 0 aliphatic heterocycles. The van der Waals surface area contributed by atoms with E-state index in [-0.39, 0.29) is 23.8 Å². The lowest BCUT2D eigenvalue weighted by atomic mass is 10.0. The van der Waals surface area contributed by atoms with Gasteiger partial charge in [0.1, 0.15) is 6.04 Å². The number of carbonyl (C=O) groups is 2. The van der Waals surface area contributed by atoms with Gasteiger partial charge in [-0.1, -0.05) is 30.6 Å². The van der Waals surface area contributed by atoms with E-state index in [2.05, 4.69) is 20.8 Å². The molecule has 1 fully saturated rings. The zero-order valence-corrected chi connectivity index (χ0v) is 16.8. The Bertz CT molecular complexity index is 815. The molecule has 1 aliphatic rings. The molecule has 0 radical (unpaired) electrons. The van der Waals surface area contributed by atoms with Gasteiger partial charge in [0.25, 0.3) is 5.91 Å². The summed E-state index contributed by atoms with van der Waals surface area (Å²) in [5, 5.41) is 10.4. The van der Waals surface area contributed by atoms with Crippen LogP contribution in [-0.2, 0) is 4.79 Å². The van der Waals surface area contributed by atoms with Gasteiger partial charge in [-0.2, -0.15) is 4.98 Å². The average Bonchev–Trinajstić information content (AvgIpc) is 3.41. The summed E-state index contributed by atoms with van der Waals surface area (Å²) in [6.45, 7) is 4.41. The monoisotopic (exact) mass is 404 g/mol. The third kappa shape index (κ3) is 5.55. The lowest BCUT2D eigenvalue weighted by molar-refractivity contribution is -0.122. The van der Waals surface area contributed by atoms with Crippen LogP contribution in [-0.4, -0.2) is 28.5 Å². The zero-order valence-electron chi connectivity index (χ0n) is 16.1. The van der Waals surface area contributed by atoms with Crippen LogP contribution in [0.3, 0.4) is 0 Å². The van der Waals surface area contributed by atoms with E-state index in [1.165, 1.54) is 0 Å². The van der Waals surface area contributed by atoms with Gasteiger partial charge in [0.15, 0.2) is 5.82 Å². The lowest BCUT2D eigenvalue weighted by Gasteiger charge is -2.18. The summed E-state index contributed by atoms with van der Waals surface area (Å²) in [6, 6.07) is 6.36. The van der Waals surface area contributed by atoms with E-state index >= 15 is 0 Å². The molecule has 2 N–H and O–H groups in total. The molecule has 1 aliphatic carbocycles. The maximum atomic E-state index is 12.3. The summed E-state index contributed by atoms with van der Waals surface area (Å²) in [4.78, 5) is 28.8. The summed E-state index contributed by atoms with van der Waals surface area (Å²) in [7, 11) is 0. The van der Waals surface area contributed by atoms with Crippen LogP contribution in [0.4, 0.5) is 0 Å². The number of benzene rings is 1. The third-order valence-electron chi connectivity index (χ3n) is 4.62. The number of hydrogen-bond donors (Lipinski definition) is 2. The molecule has 3 rings (SSSR count). The Morgan fingerprint density at radius 2 is 1.96 bits per heavy atom. The summed E-state index contributed by atoms with van der Waals surface area (Å²) < 4.78 is 5.36. The number of halogens is 1. The normalized spacial score (nSPS) is 14.7. The molecular weight excluding hydrogens is 380 g/mol. The predicted octanol–water partition coefficient (Wildman–Crippen LogP) is 3.62. The molecule has 28 heavy (non-hydrogen) atoms. The zero-order chi connectivity index (χ0) is 20.1. The highest BCUT2D eigenvalue weighted by Gasteiger charge is 2.31. The number of hydrogen-bond acceptors (Lipinski definition) is 5. The fourth-order valence-corrected chi connectivity index (χ4v) is 2.92. The van der Waals surface area contributed by atoms with Gasteiger partial charge >= 0.3 is 0 Å². The maximum absolute atomic E-state index is 12.3. The van der Waals surface area contributed by atoms with Gasteiger partial charge in [0.2, 0.25) is 11.8 Å². The Morgan fingerprint density at radius 1 is 1.25 bits per heavy atom. The first kappa shape index (κ1) is 20.3. The molecule has 1 unspecified atom stereocenters. The van der Waals surface area contributed by atoms with Crippen molar-refractivity contribution in [2.24, 2.45) is 5.92 Å². The molecule has 7 nitrogen and oxygen atoms in total. The van der Waals surface area contributed by atoms with E-state index in [0.717, 1.165) is 18.7 Å². The van der Waals surface area contributed by atoms with Gasteiger partial charge in [-0.25, -0.2) is 0 Å². The minimum absolute atomic E-state index is 0.106. The molecule has 150 valence electrons. The number of carbonyl (C=O) groups excluding carboxylic acids is 2. The topological polar surface area (TPSA) is 97.1 Å². The van der Waals surface area contributed by atoms with Crippen molar-refractivity contribution in [3.63, 3.8) is 0 Å². The molecule has 1 atom stereocenters. The van der Waals surface area contributed by atoms with Gasteiger partial charge < -0.3 is 15.2 Å². The number of aromatic nitrogens is 2. The van der Waals surface area contributed by atoms with Crippen molar-refractivity contribution in [1.29, 1.82) is 0 Å². The molecule has 1 aromatic heterocycles. The maximum Gasteiger partial charge on any atom is 0.251 e. The summed E-state index contributed by atoms with van der Waals surface area (Å²) in [5.41, 5.74) is 0.539. The first-order chi connectivity index (χ1) is 13.4. The molecule has 8 heteroatoms. The van der Waals surface area contributed by atoms with Crippen LogP contribution in [0.5, 0.6) is 0 Å². The van der Waals surface area contributed by atoms with Crippen molar-refractivity contribution in [3.05, 3.63) is 46.6 Å². The highest BCUT2D eigenvalue weighted by Crippen LogP contribution is 2.38. The fraction of sp³-hybridized carbons (Fsp3) is 0.500. The largest absolute Gasteiger partial charge is 0.352 e. The van der Waals surface area contributed by atoms with Crippen molar-refractivity contribution >= 4 is 23.4 Å². The summed E-state index contributed by atoms with van der Waals surface area (Å²) in [5.74, 6) is 1.44. The minimum Gasteiger partial charge on any atom is -0.352 e. The molecule has 2 aromatic rings. The second kappa shape index (κ2) is 9.19. The molecule has 1 aromatic carbocycles. The Labute approximate surface area is 169 Å². The molecular formula is C20H25ClN4O3. The summed E-state index contributed by atoms with van der Waals surface area (Å²) in [6.07, 6.45) is 3.03. The fourth-order valence-electron chi connectivity index (χ4n) is 2.79. The third-order valence-corrected chi connectivity index (χ3v) is 4.87. The second-order valence-electron chi connectivity index (χ2n) is 7.42. The van der Waals surface area contributed by atoms with Gasteiger partial charge in [0.05, 0.1) is 0 Å². The van der Waals surface area contributed by atoms with Crippen molar-refractivity contribution < 1.29 is 14.1 Å².